The van der Waals surface area contributed by atoms with E-state index in [0.29, 0.717) is 19.4 Å². The number of piperidine rings is 1. The van der Waals surface area contributed by atoms with Gasteiger partial charge in [-0.25, -0.2) is 14.9 Å². The van der Waals surface area contributed by atoms with Crippen molar-refractivity contribution >= 4 is 23.9 Å². The number of aliphatic hydroxyl groups is 1. The number of nitrogens with one attached hydrogen (secondary N) is 3. The molecular weight excluding hydrogens is 454 g/mol. The minimum atomic E-state index is -0.904. The van der Waals surface area contributed by atoms with Gasteiger partial charge in [0.25, 0.3) is 5.96 Å². The summed E-state index contributed by atoms with van der Waals surface area (Å²) in [7, 11) is 1.00. The molecule has 0 aromatic rings. The van der Waals surface area contributed by atoms with Gasteiger partial charge in [-0.1, -0.05) is 13.8 Å². The number of carbonyl (C=O) groups is 3. The first kappa shape index (κ1) is 30.8. The molecule has 1 saturated heterocycles. The smallest absolute Gasteiger partial charge is 0.407 e. The van der Waals surface area contributed by atoms with Gasteiger partial charge in [-0.05, 0) is 32.6 Å². The highest BCUT2D eigenvalue weighted by Crippen LogP contribution is 2.19. The van der Waals surface area contributed by atoms with Crippen molar-refractivity contribution in [3.63, 3.8) is 0 Å². The Kier molecular flexibility index (Phi) is 14.9. The molecule has 196 valence electrons. The van der Waals surface area contributed by atoms with E-state index in [1.54, 1.807) is 6.92 Å². The average Bonchev–Trinajstić information content (AvgIpc) is 2.78. The van der Waals surface area contributed by atoms with Crippen LogP contribution in [0, 0.1) is 16.0 Å². The topological polar surface area (TPSA) is 211 Å². The van der Waals surface area contributed by atoms with E-state index < -0.39 is 41.3 Å². The highest BCUT2D eigenvalue weighted by Gasteiger charge is 2.36. The van der Waals surface area contributed by atoms with Crippen molar-refractivity contribution in [3.05, 3.63) is 10.1 Å². The fraction of sp³-hybridized carbons (Fsp3) is 0.789. The number of nitrogens with zero attached hydrogens (tertiary/aromatic N) is 3. The number of hydrogen-bond donors (Lipinski definition) is 5. The van der Waals surface area contributed by atoms with Crippen LogP contribution < -0.4 is 21.7 Å². The Hall–Kier alpha value is -3.20. The maximum Gasteiger partial charge on any atom is 0.407 e. The second-order valence-corrected chi connectivity index (χ2v) is 7.63. The molecule has 34 heavy (non-hydrogen) atoms. The molecule has 0 aromatic heterocycles. The number of amides is 3. The molecule has 0 aliphatic carbocycles. The molecule has 0 spiro atoms. The SMILES string of the molecule is CCOC1C(NC(=O)[C@H](C)NC(=O)CNC(=O)OCC(C)C)CCCN1/C(N)=N\[N+](=O)[O-].CO. The molecule has 0 saturated carbocycles. The van der Waals surface area contributed by atoms with E-state index in [-0.39, 0.29) is 31.6 Å². The lowest BCUT2D eigenvalue weighted by atomic mass is 10.0. The van der Waals surface area contributed by atoms with Gasteiger partial charge < -0.3 is 41.2 Å². The van der Waals surface area contributed by atoms with E-state index in [2.05, 4.69) is 21.1 Å². The van der Waals surface area contributed by atoms with Gasteiger partial charge >= 0.3 is 6.09 Å². The lowest BCUT2D eigenvalue weighted by Gasteiger charge is -2.41. The molecule has 1 fully saturated rings. The highest BCUT2D eigenvalue weighted by atomic mass is 16.7. The summed E-state index contributed by atoms with van der Waals surface area (Å²) < 4.78 is 10.6. The van der Waals surface area contributed by atoms with Gasteiger partial charge in [0.05, 0.1) is 12.6 Å². The predicted molar refractivity (Wildman–Crippen MR) is 122 cm³/mol. The number of guanidine groups is 1. The van der Waals surface area contributed by atoms with Gasteiger partial charge in [-0.2, -0.15) is 0 Å². The van der Waals surface area contributed by atoms with Crippen LogP contribution in [0.1, 0.15) is 40.5 Å². The average molecular weight is 492 g/mol. The maximum absolute atomic E-state index is 12.6. The second kappa shape index (κ2) is 16.4. The number of nitro groups is 1. The Bertz CT molecular complexity index is 704. The van der Waals surface area contributed by atoms with Crippen molar-refractivity contribution in [1.82, 2.24) is 20.9 Å². The molecule has 0 aromatic carbocycles. The number of alkyl carbamates (subject to hydrolysis) is 1. The Morgan fingerprint density at radius 2 is 1.94 bits per heavy atom. The predicted octanol–water partition coefficient (Wildman–Crippen LogP) is -1.07. The first-order valence-corrected chi connectivity index (χ1v) is 10.9. The third kappa shape index (κ3) is 11.6. The molecule has 2 unspecified atom stereocenters. The second-order valence-electron chi connectivity index (χ2n) is 7.63. The quantitative estimate of drug-likeness (QED) is 0.108. The van der Waals surface area contributed by atoms with Gasteiger partial charge in [0.1, 0.15) is 17.7 Å². The molecule has 1 aliphatic heterocycles. The molecule has 3 amide bonds. The van der Waals surface area contributed by atoms with E-state index in [0.717, 1.165) is 7.11 Å². The summed E-state index contributed by atoms with van der Waals surface area (Å²) >= 11 is 0. The molecule has 15 heteroatoms. The molecular formula is C19H37N7O8. The molecule has 0 bridgehead atoms. The van der Waals surface area contributed by atoms with Crippen molar-refractivity contribution in [2.45, 2.75) is 58.8 Å². The van der Waals surface area contributed by atoms with Crippen LogP contribution in [-0.2, 0) is 19.1 Å². The van der Waals surface area contributed by atoms with E-state index in [9.17, 15) is 24.5 Å². The van der Waals surface area contributed by atoms with Crippen molar-refractivity contribution in [1.29, 1.82) is 0 Å². The number of hydrazone groups is 1. The Balaban J connectivity index is 0.00000529. The summed E-state index contributed by atoms with van der Waals surface area (Å²) in [6.07, 6.45) is -0.336. The number of carbonyl (C=O) groups excluding carboxylic acids is 3. The molecule has 1 rings (SSSR count). The summed E-state index contributed by atoms with van der Waals surface area (Å²) in [5.41, 5.74) is 5.72. The van der Waals surface area contributed by atoms with Gasteiger partial charge in [-0.3, -0.25) is 9.59 Å². The molecule has 6 N–H and O–H groups in total. The van der Waals surface area contributed by atoms with Crippen LogP contribution in [0.5, 0.6) is 0 Å². The van der Waals surface area contributed by atoms with E-state index in [1.165, 1.54) is 11.8 Å². The standard InChI is InChI=1S/C18H33N7O7.CH4O/c1-5-31-16-13(7-6-8-24(16)17(19)23-25(29)30)22-15(27)12(4)21-14(26)9-20-18(28)32-10-11(2)3;1-2/h11-13,16H,5-10H2,1-4H3,(H2,19,23)(H,20,28)(H,21,26)(H,22,27);2H,1H3/t12-,13?,16?;/m0./s1. The van der Waals surface area contributed by atoms with E-state index in [4.69, 9.17) is 20.3 Å². The van der Waals surface area contributed by atoms with Crippen LogP contribution in [0.3, 0.4) is 0 Å². The fourth-order valence-electron chi connectivity index (χ4n) is 2.99. The number of ether oxygens (including phenoxy) is 2. The largest absolute Gasteiger partial charge is 0.449 e. The monoisotopic (exact) mass is 491 g/mol. The number of rotatable bonds is 10. The van der Waals surface area contributed by atoms with Crippen LogP contribution in [0.15, 0.2) is 5.10 Å². The molecule has 0 radical (unpaired) electrons. The van der Waals surface area contributed by atoms with Crippen molar-refractivity contribution in [2.75, 3.05) is 33.4 Å². The Morgan fingerprint density at radius 1 is 1.29 bits per heavy atom. The molecule has 3 atom stereocenters. The molecule has 15 nitrogen and oxygen atoms in total. The van der Waals surface area contributed by atoms with Crippen molar-refractivity contribution in [2.24, 2.45) is 16.8 Å². The van der Waals surface area contributed by atoms with Crippen molar-refractivity contribution < 1.29 is 34.0 Å². The summed E-state index contributed by atoms with van der Waals surface area (Å²) in [6, 6.07) is -1.43. The molecule has 1 heterocycles. The minimum Gasteiger partial charge on any atom is -0.449 e. The lowest BCUT2D eigenvalue weighted by Crippen LogP contribution is -2.61. The number of aliphatic hydroxyl groups excluding tert-OH is 1. The van der Waals surface area contributed by atoms with Gasteiger partial charge in [0.2, 0.25) is 11.8 Å². The van der Waals surface area contributed by atoms with E-state index >= 15 is 0 Å². The first-order valence-electron chi connectivity index (χ1n) is 10.9. The highest BCUT2D eigenvalue weighted by molar-refractivity contribution is 5.89. The Labute approximate surface area is 198 Å². The lowest BCUT2D eigenvalue weighted by molar-refractivity contribution is -0.486. The minimum absolute atomic E-state index is 0.163. The fourth-order valence-corrected chi connectivity index (χ4v) is 2.99. The van der Waals surface area contributed by atoms with E-state index in [1.807, 2.05) is 13.8 Å². The van der Waals surface area contributed by atoms with Gasteiger partial charge in [-0.15, -0.1) is 0 Å². The summed E-state index contributed by atoms with van der Waals surface area (Å²) in [4.78, 5) is 48.2. The normalized spacial score (nSPS) is 18.8. The zero-order chi connectivity index (χ0) is 26.3. The van der Waals surface area contributed by atoms with Crippen LogP contribution in [0.2, 0.25) is 0 Å². The third-order valence-corrected chi connectivity index (χ3v) is 4.42. The third-order valence-electron chi connectivity index (χ3n) is 4.42. The summed E-state index contributed by atoms with van der Waals surface area (Å²) in [5, 5.41) is 27.5. The summed E-state index contributed by atoms with van der Waals surface area (Å²) in [5.74, 6) is -1.20. The number of hydrogen-bond acceptors (Lipinski definition) is 8. The van der Waals surface area contributed by atoms with Gasteiger partial charge in [0, 0.05) is 20.3 Å². The van der Waals surface area contributed by atoms with Crippen LogP contribution in [-0.4, -0.2) is 90.6 Å². The molecule has 1 aliphatic rings. The van der Waals surface area contributed by atoms with Crippen LogP contribution >= 0.6 is 0 Å². The van der Waals surface area contributed by atoms with Crippen molar-refractivity contribution in [3.8, 4) is 0 Å². The first-order chi connectivity index (χ1) is 16.0. The number of likely N-dealkylation sites (tertiary alicyclic amines) is 1. The summed E-state index contributed by atoms with van der Waals surface area (Å²) in [6.45, 7) is 7.54. The van der Waals surface area contributed by atoms with Crippen LogP contribution in [0.4, 0.5) is 4.79 Å². The maximum atomic E-state index is 12.6. The Morgan fingerprint density at radius 3 is 2.50 bits per heavy atom. The number of nitrogens with two attached hydrogens (primary N) is 1. The zero-order valence-electron chi connectivity index (χ0n) is 20.3. The van der Waals surface area contributed by atoms with Crippen LogP contribution in [0.25, 0.3) is 0 Å². The van der Waals surface area contributed by atoms with Gasteiger partial charge in [0.15, 0.2) is 11.3 Å². The zero-order valence-corrected chi connectivity index (χ0v) is 20.3.